The Morgan fingerprint density at radius 3 is 2.56 bits per heavy atom. The number of esters is 1. The average molecular weight is 493 g/mol. The van der Waals surface area contributed by atoms with Gasteiger partial charge >= 0.3 is 12.1 Å². The Hall–Kier alpha value is -2.81. The minimum absolute atomic E-state index is 0.144. The van der Waals surface area contributed by atoms with Gasteiger partial charge in [-0.2, -0.15) is 0 Å². The monoisotopic (exact) mass is 492 g/mol. The van der Waals surface area contributed by atoms with E-state index in [1.165, 1.54) is 12.0 Å². The quantitative estimate of drug-likeness (QED) is 0.629. The molecule has 0 radical (unpaired) electrons. The number of fused-ring (bicyclic) bond motifs is 1. The molecule has 2 atom stereocenters. The van der Waals surface area contributed by atoms with Gasteiger partial charge in [-0.15, -0.1) is 0 Å². The molecule has 2 aromatic rings. The summed E-state index contributed by atoms with van der Waals surface area (Å²) in [7, 11) is 1.32. The summed E-state index contributed by atoms with van der Waals surface area (Å²) in [6, 6.07) is 4.87. The van der Waals surface area contributed by atoms with Gasteiger partial charge in [0.15, 0.2) is 5.82 Å². The zero-order valence-electron chi connectivity index (χ0n) is 20.6. The molecule has 1 aromatic carbocycles. The number of nitrogens with one attached hydrogen (secondary N) is 1. The first-order chi connectivity index (χ1) is 15.9. The van der Waals surface area contributed by atoms with E-state index in [2.05, 4.69) is 9.97 Å². The molecule has 2 heterocycles. The van der Waals surface area contributed by atoms with Crippen LogP contribution in [0.25, 0.3) is 11.0 Å². The number of hydrogen-bond donors (Lipinski definition) is 1. The van der Waals surface area contributed by atoms with E-state index in [1.807, 2.05) is 13.8 Å². The van der Waals surface area contributed by atoms with E-state index in [4.69, 9.17) is 21.1 Å². The molecule has 186 valence electrons. The van der Waals surface area contributed by atoms with Gasteiger partial charge in [0.05, 0.1) is 29.6 Å². The van der Waals surface area contributed by atoms with Gasteiger partial charge in [0.1, 0.15) is 11.1 Å². The highest BCUT2D eigenvalue weighted by atomic mass is 35.5. The molecule has 1 N–H and O–H groups in total. The predicted octanol–water partition coefficient (Wildman–Crippen LogP) is 4.11. The third-order valence-corrected chi connectivity index (χ3v) is 5.85. The van der Waals surface area contributed by atoms with Crippen LogP contribution >= 0.6 is 11.6 Å². The van der Waals surface area contributed by atoms with Crippen molar-refractivity contribution in [1.82, 2.24) is 19.8 Å². The van der Waals surface area contributed by atoms with E-state index >= 15 is 0 Å². The Labute approximate surface area is 204 Å². The molecule has 0 spiro atoms. The summed E-state index contributed by atoms with van der Waals surface area (Å²) in [5, 5.41) is 0.447. The van der Waals surface area contributed by atoms with E-state index in [1.54, 1.807) is 43.9 Å². The van der Waals surface area contributed by atoms with Gasteiger partial charge in [0, 0.05) is 19.6 Å². The summed E-state index contributed by atoms with van der Waals surface area (Å²) < 4.78 is 10.5. The number of likely N-dealkylation sites (tertiary alicyclic amines) is 1. The second kappa shape index (κ2) is 10.2. The van der Waals surface area contributed by atoms with Crippen LogP contribution in [0, 0.1) is 11.8 Å². The van der Waals surface area contributed by atoms with Crippen LogP contribution in [0.1, 0.15) is 51.7 Å². The van der Waals surface area contributed by atoms with Crippen molar-refractivity contribution in [3.8, 4) is 0 Å². The predicted molar refractivity (Wildman–Crippen MR) is 129 cm³/mol. The molecule has 0 saturated carbocycles. The number of amides is 2. The first-order valence-corrected chi connectivity index (χ1v) is 11.8. The number of piperidine rings is 1. The highest BCUT2D eigenvalue weighted by molar-refractivity contribution is 6.35. The fourth-order valence-electron chi connectivity index (χ4n) is 4.14. The molecule has 2 amide bonds. The first kappa shape index (κ1) is 25.8. The van der Waals surface area contributed by atoms with Crippen molar-refractivity contribution in [3.05, 3.63) is 29.0 Å². The molecular weight excluding hydrogens is 460 g/mol. The van der Waals surface area contributed by atoms with Crippen molar-refractivity contribution in [2.24, 2.45) is 11.8 Å². The number of carbonyl (C=O) groups excluding carboxylic acids is 3. The number of aromatic amines is 1. The summed E-state index contributed by atoms with van der Waals surface area (Å²) in [5.41, 5.74) is 0.487. The molecule has 34 heavy (non-hydrogen) atoms. The molecule has 1 saturated heterocycles. The molecule has 3 rings (SSSR count). The highest BCUT2D eigenvalue weighted by Gasteiger charge is 2.40. The molecule has 1 aliphatic rings. The number of methoxy groups -OCH3 is 1. The fourth-order valence-corrected chi connectivity index (χ4v) is 4.35. The smallest absolute Gasteiger partial charge is 0.410 e. The van der Waals surface area contributed by atoms with Crippen LogP contribution in [0.3, 0.4) is 0 Å². The number of hydrogen-bond acceptors (Lipinski definition) is 6. The van der Waals surface area contributed by atoms with Crippen molar-refractivity contribution in [2.75, 3.05) is 26.7 Å². The molecule has 9 nitrogen and oxygen atoms in total. The number of benzene rings is 1. The molecule has 1 aliphatic heterocycles. The second-order valence-electron chi connectivity index (χ2n) is 10.1. The minimum Gasteiger partial charge on any atom is -0.469 e. The van der Waals surface area contributed by atoms with E-state index in [0.29, 0.717) is 29.0 Å². The number of imidazole rings is 1. The zero-order chi connectivity index (χ0) is 25.2. The van der Waals surface area contributed by atoms with Crippen LogP contribution in [0.4, 0.5) is 4.79 Å². The Balaban J connectivity index is 1.94. The topological polar surface area (TPSA) is 105 Å². The van der Waals surface area contributed by atoms with Gasteiger partial charge in [0.2, 0.25) is 0 Å². The van der Waals surface area contributed by atoms with E-state index in [-0.39, 0.29) is 30.7 Å². The van der Waals surface area contributed by atoms with Gasteiger partial charge in [-0.1, -0.05) is 31.5 Å². The maximum Gasteiger partial charge on any atom is 0.410 e. The standard InChI is InChI=1S/C24H33ClN4O5/c1-14(2)11-29(21(30)20-26-18-9-7-8-17(25)19(18)27-20)16-10-15(22(31)33-6)12-28(13-16)23(32)34-24(3,4)5/h7-9,14-16H,10-13H2,1-6H3,(H,26,27)/t15?,16-/m0/s1. The summed E-state index contributed by atoms with van der Waals surface area (Å²) in [5.74, 6) is -1.02. The number of rotatable bonds is 5. The summed E-state index contributed by atoms with van der Waals surface area (Å²) in [6.07, 6.45) is -0.163. The van der Waals surface area contributed by atoms with E-state index < -0.39 is 29.6 Å². The van der Waals surface area contributed by atoms with Crippen molar-refractivity contribution in [3.63, 3.8) is 0 Å². The largest absolute Gasteiger partial charge is 0.469 e. The molecule has 10 heteroatoms. The summed E-state index contributed by atoms with van der Waals surface area (Å²) in [6.45, 7) is 10.2. The lowest BCUT2D eigenvalue weighted by atomic mass is 9.92. The summed E-state index contributed by atoms with van der Waals surface area (Å²) in [4.78, 5) is 49.6. The highest BCUT2D eigenvalue weighted by Crippen LogP contribution is 2.27. The lowest BCUT2D eigenvalue weighted by Gasteiger charge is -2.42. The normalized spacial score (nSPS) is 18.8. The summed E-state index contributed by atoms with van der Waals surface area (Å²) >= 11 is 6.25. The SMILES string of the molecule is COC(=O)C1C[C@H](N(CC(C)C)C(=O)c2nc3c(Cl)cccc3[nH]2)CN(C(=O)OC(C)(C)C)C1. The number of halogens is 1. The Bertz CT molecular complexity index is 1060. The Morgan fingerprint density at radius 1 is 1.26 bits per heavy atom. The van der Waals surface area contributed by atoms with Gasteiger partial charge < -0.3 is 24.3 Å². The number of aromatic nitrogens is 2. The lowest BCUT2D eigenvalue weighted by Crippen LogP contribution is -2.57. The molecule has 0 aliphatic carbocycles. The minimum atomic E-state index is -0.689. The Kier molecular flexibility index (Phi) is 7.75. The third-order valence-electron chi connectivity index (χ3n) is 5.54. The maximum absolute atomic E-state index is 13.7. The van der Waals surface area contributed by atoms with Crippen LogP contribution in [0.2, 0.25) is 5.02 Å². The molecular formula is C24H33ClN4O5. The number of para-hydroxylation sites is 1. The van der Waals surface area contributed by atoms with Crippen molar-refractivity contribution in [1.29, 1.82) is 0 Å². The van der Waals surface area contributed by atoms with Crippen LogP contribution in [-0.4, -0.2) is 76.1 Å². The van der Waals surface area contributed by atoms with Crippen LogP contribution in [-0.2, 0) is 14.3 Å². The van der Waals surface area contributed by atoms with Gasteiger partial charge in [-0.3, -0.25) is 9.59 Å². The van der Waals surface area contributed by atoms with Crippen molar-refractivity contribution >= 4 is 40.6 Å². The van der Waals surface area contributed by atoms with Gasteiger partial charge in [-0.25, -0.2) is 9.78 Å². The van der Waals surface area contributed by atoms with Crippen molar-refractivity contribution in [2.45, 2.75) is 52.7 Å². The van der Waals surface area contributed by atoms with Crippen LogP contribution in [0.15, 0.2) is 18.2 Å². The number of ether oxygens (including phenoxy) is 2. The van der Waals surface area contributed by atoms with E-state index in [9.17, 15) is 14.4 Å². The lowest BCUT2D eigenvalue weighted by molar-refractivity contribution is -0.148. The van der Waals surface area contributed by atoms with Crippen LogP contribution < -0.4 is 0 Å². The molecule has 1 aromatic heterocycles. The van der Waals surface area contributed by atoms with Crippen molar-refractivity contribution < 1.29 is 23.9 Å². The molecule has 0 bridgehead atoms. The average Bonchev–Trinajstić information content (AvgIpc) is 3.20. The number of carbonyl (C=O) groups is 3. The fraction of sp³-hybridized carbons (Fsp3) is 0.583. The maximum atomic E-state index is 13.7. The van der Waals surface area contributed by atoms with Crippen LogP contribution in [0.5, 0.6) is 0 Å². The molecule has 1 fully saturated rings. The van der Waals surface area contributed by atoms with E-state index in [0.717, 1.165) is 0 Å². The second-order valence-corrected chi connectivity index (χ2v) is 10.5. The Morgan fingerprint density at radius 2 is 1.97 bits per heavy atom. The van der Waals surface area contributed by atoms with Gasteiger partial charge in [0.25, 0.3) is 5.91 Å². The third kappa shape index (κ3) is 6.00. The van der Waals surface area contributed by atoms with Gasteiger partial charge in [-0.05, 0) is 45.2 Å². The number of nitrogens with zero attached hydrogens (tertiary/aromatic N) is 3. The zero-order valence-corrected chi connectivity index (χ0v) is 21.3. The first-order valence-electron chi connectivity index (χ1n) is 11.4. The molecule has 1 unspecified atom stereocenters. The number of H-pyrrole nitrogens is 1.